The lowest BCUT2D eigenvalue weighted by atomic mass is 9.92. The summed E-state index contributed by atoms with van der Waals surface area (Å²) in [4.78, 5) is 13.0. The average molecular weight is 236 g/mol. The fourth-order valence-electron chi connectivity index (χ4n) is 1.17. The Morgan fingerprint density at radius 2 is 1.81 bits per heavy atom. The summed E-state index contributed by atoms with van der Waals surface area (Å²) in [6.07, 6.45) is 0. The van der Waals surface area contributed by atoms with Gasteiger partial charge in [-0.05, 0) is 37.1 Å². The fourth-order valence-corrected chi connectivity index (χ4v) is 2.32. The monoisotopic (exact) mass is 236 g/mol. The maximum absolute atomic E-state index is 11.8. The summed E-state index contributed by atoms with van der Waals surface area (Å²) >= 11 is 1.63. The smallest absolute Gasteiger partial charge is 0.148 e. The Bertz CT molecular complexity index is 388. The van der Waals surface area contributed by atoms with E-state index in [1.807, 2.05) is 20.8 Å². The summed E-state index contributed by atoms with van der Waals surface area (Å²) in [7, 11) is 0. The third-order valence-electron chi connectivity index (χ3n) is 2.68. The Labute approximate surface area is 103 Å². The van der Waals surface area contributed by atoms with Crippen LogP contribution in [0.3, 0.4) is 0 Å². The molecule has 1 nitrogen and oxygen atoms in total. The Morgan fingerprint density at radius 3 is 2.31 bits per heavy atom. The predicted octanol–water partition coefficient (Wildman–Crippen LogP) is 4.01. The molecular weight excluding hydrogens is 216 g/mol. The number of Topliss-reactive ketones (excluding diaryl/α,β-unsaturated/α-hetero) is 1. The van der Waals surface area contributed by atoms with Crippen molar-refractivity contribution >= 4 is 17.5 Å². The van der Waals surface area contributed by atoms with Crippen LogP contribution in [0.25, 0.3) is 0 Å². The fraction of sp³-hybridized carbons (Fsp3) is 0.500. The molecule has 0 spiro atoms. The van der Waals surface area contributed by atoms with Crippen molar-refractivity contribution in [2.75, 3.05) is 5.75 Å². The van der Waals surface area contributed by atoms with Gasteiger partial charge in [0.15, 0.2) is 0 Å². The summed E-state index contributed by atoms with van der Waals surface area (Å²) < 4.78 is 0. The summed E-state index contributed by atoms with van der Waals surface area (Å²) in [5, 5.41) is 0. The molecule has 0 fully saturated rings. The summed E-state index contributed by atoms with van der Waals surface area (Å²) in [5.74, 6) is 0.863. The van der Waals surface area contributed by atoms with E-state index in [1.54, 1.807) is 11.8 Å². The molecule has 0 radical (unpaired) electrons. The first-order valence-electron chi connectivity index (χ1n) is 5.54. The highest BCUT2D eigenvalue weighted by Gasteiger charge is 2.20. The first-order valence-corrected chi connectivity index (χ1v) is 6.52. The number of thioether (sulfide) groups is 1. The van der Waals surface area contributed by atoms with Crippen molar-refractivity contribution in [3.05, 3.63) is 29.3 Å². The maximum atomic E-state index is 11.8. The molecule has 0 aliphatic heterocycles. The van der Waals surface area contributed by atoms with Gasteiger partial charge in [0, 0.05) is 10.3 Å². The van der Waals surface area contributed by atoms with Gasteiger partial charge >= 0.3 is 0 Å². The number of carbonyl (C=O) groups is 1. The highest BCUT2D eigenvalue weighted by Crippen LogP contribution is 2.24. The highest BCUT2D eigenvalue weighted by molar-refractivity contribution is 8.00. The van der Waals surface area contributed by atoms with E-state index in [-0.39, 0.29) is 5.41 Å². The quantitative estimate of drug-likeness (QED) is 0.738. The molecule has 88 valence electrons. The van der Waals surface area contributed by atoms with Crippen LogP contribution in [0.1, 0.15) is 31.9 Å². The molecule has 1 aromatic carbocycles. The molecule has 0 unspecified atom stereocenters. The van der Waals surface area contributed by atoms with E-state index in [0.717, 1.165) is 0 Å². The lowest BCUT2D eigenvalue weighted by molar-refractivity contribution is -0.123. The van der Waals surface area contributed by atoms with Crippen molar-refractivity contribution in [3.8, 4) is 0 Å². The van der Waals surface area contributed by atoms with E-state index < -0.39 is 0 Å². The topological polar surface area (TPSA) is 17.1 Å². The van der Waals surface area contributed by atoms with Crippen LogP contribution in [0.2, 0.25) is 0 Å². The van der Waals surface area contributed by atoms with Gasteiger partial charge < -0.3 is 0 Å². The van der Waals surface area contributed by atoms with Crippen LogP contribution in [0.4, 0.5) is 0 Å². The van der Waals surface area contributed by atoms with Gasteiger partial charge in [-0.25, -0.2) is 0 Å². The molecule has 16 heavy (non-hydrogen) atoms. The van der Waals surface area contributed by atoms with Crippen LogP contribution < -0.4 is 0 Å². The molecule has 0 aromatic heterocycles. The van der Waals surface area contributed by atoms with E-state index in [0.29, 0.717) is 11.5 Å². The van der Waals surface area contributed by atoms with E-state index in [1.165, 1.54) is 16.0 Å². The first-order chi connectivity index (χ1) is 7.30. The molecule has 2 heteroatoms. The van der Waals surface area contributed by atoms with Crippen LogP contribution in [0, 0.1) is 19.3 Å². The maximum Gasteiger partial charge on any atom is 0.148 e. The Balaban J connectivity index is 2.62. The van der Waals surface area contributed by atoms with Gasteiger partial charge in [-0.2, -0.15) is 0 Å². The van der Waals surface area contributed by atoms with E-state index in [2.05, 4.69) is 32.0 Å². The molecule has 0 aliphatic carbocycles. The Morgan fingerprint density at radius 1 is 1.19 bits per heavy atom. The summed E-state index contributed by atoms with van der Waals surface area (Å²) in [6, 6.07) is 6.35. The zero-order chi connectivity index (χ0) is 12.3. The molecule has 0 saturated carbocycles. The Kier molecular flexibility index (Phi) is 4.20. The van der Waals surface area contributed by atoms with Crippen molar-refractivity contribution in [1.29, 1.82) is 0 Å². The van der Waals surface area contributed by atoms with Gasteiger partial charge in [0.2, 0.25) is 0 Å². The van der Waals surface area contributed by atoms with E-state index in [9.17, 15) is 4.79 Å². The van der Waals surface area contributed by atoms with Crippen LogP contribution in [0.5, 0.6) is 0 Å². The lowest BCUT2D eigenvalue weighted by Crippen LogP contribution is -2.21. The van der Waals surface area contributed by atoms with Gasteiger partial charge in [0.1, 0.15) is 5.78 Å². The number of hydrogen-bond donors (Lipinski definition) is 0. The number of benzene rings is 1. The average Bonchev–Trinajstić information content (AvgIpc) is 2.18. The number of rotatable bonds is 3. The minimum Gasteiger partial charge on any atom is -0.298 e. The molecule has 0 aliphatic rings. The minimum absolute atomic E-state index is 0.229. The van der Waals surface area contributed by atoms with Gasteiger partial charge in [-0.15, -0.1) is 11.8 Å². The van der Waals surface area contributed by atoms with Crippen LogP contribution in [-0.2, 0) is 4.79 Å². The van der Waals surface area contributed by atoms with E-state index >= 15 is 0 Å². The van der Waals surface area contributed by atoms with Crippen molar-refractivity contribution in [1.82, 2.24) is 0 Å². The predicted molar refractivity (Wildman–Crippen MR) is 71.1 cm³/mol. The lowest BCUT2D eigenvalue weighted by Gasteiger charge is -2.16. The van der Waals surface area contributed by atoms with Crippen LogP contribution in [-0.4, -0.2) is 11.5 Å². The van der Waals surface area contributed by atoms with Crippen molar-refractivity contribution in [2.24, 2.45) is 5.41 Å². The SMILES string of the molecule is Cc1ccc(SCC(=O)C(C)(C)C)cc1C. The molecule has 1 aromatic rings. The summed E-state index contributed by atoms with van der Waals surface area (Å²) in [6.45, 7) is 10.1. The van der Waals surface area contributed by atoms with Crippen molar-refractivity contribution < 1.29 is 4.79 Å². The molecule has 1 rings (SSSR count). The first kappa shape index (κ1) is 13.3. The third-order valence-corrected chi connectivity index (χ3v) is 3.68. The van der Waals surface area contributed by atoms with Gasteiger partial charge in [-0.3, -0.25) is 4.79 Å². The molecule has 0 atom stereocenters. The standard InChI is InChI=1S/C14H20OS/c1-10-6-7-12(8-11(10)2)16-9-13(15)14(3,4)5/h6-8H,9H2,1-5H3. The highest BCUT2D eigenvalue weighted by atomic mass is 32.2. The molecule has 0 N–H and O–H groups in total. The zero-order valence-corrected chi connectivity index (χ0v) is 11.6. The minimum atomic E-state index is -0.229. The van der Waals surface area contributed by atoms with Crippen molar-refractivity contribution in [2.45, 2.75) is 39.5 Å². The molecular formula is C14H20OS. The number of carbonyl (C=O) groups excluding carboxylic acids is 1. The number of hydrogen-bond acceptors (Lipinski definition) is 2. The number of aryl methyl sites for hydroxylation is 2. The van der Waals surface area contributed by atoms with Gasteiger partial charge in [-0.1, -0.05) is 26.8 Å². The number of ketones is 1. The van der Waals surface area contributed by atoms with Crippen LogP contribution >= 0.6 is 11.8 Å². The third kappa shape index (κ3) is 3.67. The van der Waals surface area contributed by atoms with Gasteiger partial charge in [0.05, 0.1) is 5.75 Å². The normalized spacial score (nSPS) is 11.6. The van der Waals surface area contributed by atoms with Crippen LogP contribution in [0.15, 0.2) is 23.1 Å². The second kappa shape index (κ2) is 5.05. The largest absolute Gasteiger partial charge is 0.298 e. The molecule has 0 bridgehead atoms. The van der Waals surface area contributed by atoms with Crippen molar-refractivity contribution in [3.63, 3.8) is 0 Å². The zero-order valence-electron chi connectivity index (χ0n) is 10.8. The molecule has 0 saturated heterocycles. The second-order valence-electron chi connectivity index (χ2n) is 5.21. The Hall–Kier alpha value is -0.760. The van der Waals surface area contributed by atoms with E-state index in [4.69, 9.17) is 0 Å². The summed E-state index contributed by atoms with van der Waals surface area (Å²) in [5.41, 5.74) is 2.35. The molecule has 0 amide bonds. The molecule has 0 heterocycles. The second-order valence-corrected chi connectivity index (χ2v) is 6.26. The van der Waals surface area contributed by atoms with Gasteiger partial charge in [0.25, 0.3) is 0 Å².